The first-order valence-corrected chi connectivity index (χ1v) is 12.2. The lowest BCUT2D eigenvalue weighted by atomic mass is 10.1. The van der Waals surface area contributed by atoms with Gasteiger partial charge < -0.3 is 9.77 Å². The third-order valence-corrected chi connectivity index (χ3v) is 6.65. The zero-order valence-electron chi connectivity index (χ0n) is 20.7. The Labute approximate surface area is 217 Å². The predicted octanol–water partition coefficient (Wildman–Crippen LogP) is 4.59. The summed E-state index contributed by atoms with van der Waals surface area (Å²) < 4.78 is 17.9. The van der Waals surface area contributed by atoms with Crippen molar-refractivity contribution in [3.63, 3.8) is 0 Å². The van der Waals surface area contributed by atoms with Gasteiger partial charge in [0.25, 0.3) is 0 Å². The Morgan fingerprint density at radius 2 is 1.74 bits per heavy atom. The summed E-state index contributed by atoms with van der Waals surface area (Å²) in [5.41, 5.74) is 4.53. The van der Waals surface area contributed by atoms with Gasteiger partial charge >= 0.3 is 5.56 Å². The molecule has 0 spiro atoms. The van der Waals surface area contributed by atoms with E-state index in [1.54, 1.807) is 24.4 Å². The van der Waals surface area contributed by atoms with Crippen LogP contribution in [0, 0.1) is 5.82 Å². The van der Waals surface area contributed by atoms with Gasteiger partial charge in [0.05, 0.1) is 23.6 Å². The molecule has 38 heavy (non-hydrogen) atoms. The van der Waals surface area contributed by atoms with Gasteiger partial charge in [-0.3, -0.25) is 9.69 Å². The normalized spacial score (nSPS) is 11.7. The lowest BCUT2D eigenvalue weighted by Gasteiger charge is -2.15. The highest BCUT2D eigenvalue weighted by molar-refractivity contribution is 6.06. The molecule has 0 bridgehead atoms. The molecule has 6 aromatic rings. The van der Waals surface area contributed by atoms with E-state index in [9.17, 15) is 14.4 Å². The molecule has 0 fully saturated rings. The van der Waals surface area contributed by atoms with Crippen molar-refractivity contribution >= 4 is 21.8 Å². The molecule has 1 N–H and O–H groups in total. The fraction of sp³-hybridized carbons (Fsp3) is 0.138. The Morgan fingerprint density at radius 3 is 2.53 bits per heavy atom. The van der Waals surface area contributed by atoms with E-state index in [2.05, 4.69) is 25.7 Å². The molecule has 0 atom stereocenters. The van der Waals surface area contributed by atoms with E-state index in [4.69, 9.17) is 0 Å². The molecule has 4 aromatic heterocycles. The van der Waals surface area contributed by atoms with Gasteiger partial charge in [0, 0.05) is 54.6 Å². The Kier molecular flexibility index (Phi) is 5.97. The number of halogens is 1. The van der Waals surface area contributed by atoms with Crippen molar-refractivity contribution in [3.8, 4) is 5.69 Å². The molecule has 0 amide bonds. The summed E-state index contributed by atoms with van der Waals surface area (Å²) in [5, 5.41) is 16.0. The van der Waals surface area contributed by atoms with Crippen LogP contribution in [0.2, 0.25) is 0 Å². The van der Waals surface area contributed by atoms with Crippen LogP contribution in [0.4, 0.5) is 4.39 Å². The molecule has 190 valence electrons. The van der Waals surface area contributed by atoms with Gasteiger partial charge in [-0.15, -0.1) is 0 Å². The summed E-state index contributed by atoms with van der Waals surface area (Å²) in [4.78, 5) is 19.1. The van der Waals surface area contributed by atoms with E-state index in [-0.39, 0.29) is 11.3 Å². The first-order valence-electron chi connectivity index (χ1n) is 12.2. The van der Waals surface area contributed by atoms with Gasteiger partial charge in [-0.2, -0.15) is 9.83 Å². The summed E-state index contributed by atoms with van der Waals surface area (Å²) in [6.45, 7) is 1.79. The van der Waals surface area contributed by atoms with Crippen molar-refractivity contribution in [2.75, 3.05) is 7.05 Å². The van der Waals surface area contributed by atoms with Crippen molar-refractivity contribution in [2.45, 2.75) is 19.6 Å². The SMILES string of the molecule is CN(Cc1cnn(-c2ccccc2)c1)Cc1cn(Cc2ccc(F)cc2)c2cnc3c(=O)n(O)ccc3c12. The molecule has 0 aliphatic carbocycles. The van der Waals surface area contributed by atoms with Crippen LogP contribution in [0.5, 0.6) is 0 Å². The zero-order chi connectivity index (χ0) is 26.2. The van der Waals surface area contributed by atoms with E-state index in [0.717, 1.165) is 33.3 Å². The number of pyridine rings is 2. The molecular formula is C29H25FN6O2. The van der Waals surface area contributed by atoms with Crippen LogP contribution in [0.1, 0.15) is 16.7 Å². The quantitative estimate of drug-likeness (QED) is 0.319. The summed E-state index contributed by atoms with van der Waals surface area (Å²) in [6, 6.07) is 18.1. The smallest absolute Gasteiger partial charge is 0.309 e. The molecule has 6 rings (SSSR count). The summed E-state index contributed by atoms with van der Waals surface area (Å²) in [7, 11) is 2.03. The number of hydrogen-bond donors (Lipinski definition) is 1. The summed E-state index contributed by atoms with van der Waals surface area (Å²) in [6.07, 6.45) is 8.95. The third-order valence-electron chi connectivity index (χ3n) is 6.65. The van der Waals surface area contributed by atoms with Crippen molar-refractivity contribution in [2.24, 2.45) is 0 Å². The fourth-order valence-electron chi connectivity index (χ4n) is 4.91. The second-order valence-electron chi connectivity index (χ2n) is 9.46. The fourth-order valence-corrected chi connectivity index (χ4v) is 4.91. The van der Waals surface area contributed by atoms with E-state index in [1.165, 1.54) is 18.3 Å². The second kappa shape index (κ2) is 9.60. The summed E-state index contributed by atoms with van der Waals surface area (Å²) >= 11 is 0. The topological polar surface area (TPSA) is 81.1 Å². The lowest BCUT2D eigenvalue weighted by molar-refractivity contribution is 0.176. The van der Waals surface area contributed by atoms with Gasteiger partial charge in [-0.05, 0) is 48.5 Å². The molecule has 0 saturated carbocycles. The lowest BCUT2D eigenvalue weighted by Crippen LogP contribution is -2.18. The predicted molar refractivity (Wildman–Crippen MR) is 143 cm³/mol. The minimum absolute atomic E-state index is 0.204. The molecule has 9 heteroatoms. The monoisotopic (exact) mass is 508 g/mol. The maximum atomic E-state index is 13.5. The standard InChI is InChI=1S/C29H25FN6O2/c1-33(15-21-13-32-35(17-21)24-5-3-2-4-6-24)18-22-19-34(16-20-7-9-23(30)10-8-20)26-14-31-28-25(27(22)26)11-12-36(38)29(28)37/h2-14,17,19,38H,15-16,18H2,1H3. The van der Waals surface area contributed by atoms with Crippen LogP contribution in [-0.2, 0) is 19.6 Å². The van der Waals surface area contributed by atoms with E-state index in [1.807, 2.05) is 54.5 Å². The van der Waals surface area contributed by atoms with Crippen LogP contribution in [0.25, 0.3) is 27.5 Å². The Morgan fingerprint density at radius 1 is 0.947 bits per heavy atom. The molecule has 0 aliphatic rings. The van der Waals surface area contributed by atoms with Crippen LogP contribution in [0.15, 0.2) is 96.4 Å². The van der Waals surface area contributed by atoms with Gasteiger partial charge in [-0.1, -0.05) is 30.3 Å². The average molecular weight is 509 g/mol. The highest BCUT2D eigenvalue weighted by Gasteiger charge is 2.17. The Bertz CT molecular complexity index is 1810. The molecule has 0 radical (unpaired) electrons. The van der Waals surface area contributed by atoms with Crippen LogP contribution in [0.3, 0.4) is 0 Å². The Hall–Kier alpha value is -4.76. The summed E-state index contributed by atoms with van der Waals surface area (Å²) in [5.74, 6) is -0.281. The highest BCUT2D eigenvalue weighted by atomic mass is 19.1. The van der Waals surface area contributed by atoms with Crippen molar-refractivity contribution in [1.29, 1.82) is 0 Å². The van der Waals surface area contributed by atoms with Crippen LogP contribution < -0.4 is 5.56 Å². The van der Waals surface area contributed by atoms with Crippen LogP contribution in [-0.4, -0.2) is 41.2 Å². The molecule has 0 aliphatic heterocycles. The van der Waals surface area contributed by atoms with E-state index >= 15 is 0 Å². The van der Waals surface area contributed by atoms with Crippen molar-refractivity contribution in [1.82, 2.24) is 29.0 Å². The van der Waals surface area contributed by atoms with E-state index < -0.39 is 5.56 Å². The molecule has 2 aromatic carbocycles. The van der Waals surface area contributed by atoms with Gasteiger partial charge in [-0.25, -0.2) is 14.1 Å². The zero-order valence-corrected chi connectivity index (χ0v) is 20.7. The maximum absolute atomic E-state index is 13.5. The highest BCUT2D eigenvalue weighted by Crippen LogP contribution is 2.29. The third kappa shape index (κ3) is 4.44. The largest absolute Gasteiger partial charge is 0.425 e. The first kappa shape index (κ1) is 23.6. The van der Waals surface area contributed by atoms with Gasteiger partial charge in [0.15, 0.2) is 0 Å². The molecule has 8 nitrogen and oxygen atoms in total. The molecule has 0 saturated heterocycles. The maximum Gasteiger partial charge on any atom is 0.309 e. The number of rotatable bonds is 7. The number of hydrogen-bond acceptors (Lipinski definition) is 5. The number of benzene rings is 2. The minimum atomic E-state index is -0.566. The molecule has 0 unspecified atom stereocenters. The minimum Gasteiger partial charge on any atom is -0.425 e. The van der Waals surface area contributed by atoms with E-state index in [0.29, 0.717) is 29.8 Å². The number of nitrogens with zero attached hydrogens (tertiary/aromatic N) is 6. The van der Waals surface area contributed by atoms with Gasteiger partial charge in [0.1, 0.15) is 11.3 Å². The Balaban J connectivity index is 1.36. The van der Waals surface area contributed by atoms with Gasteiger partial charge in [0.2, 0.25) is 0 Å². The van der Waals surface area contributed by atoms with Crippen molar-refractivity contribution in [3.05, 3.63) is 125 Å². The van der Waals surface area contributed by atoms with Crippen molar-refractivity contribution < 1.29 is 9.60 Å². The number of aromatic nitrogens is 5. The average Bonchev–Trinajstić information content (AvgIpc) is 3.53. The number of fused-ring (bicyclic) bond motifs is 3. The van der Waals surface area contributed by atoms with Crippen LogP contribution >= 0.6 is 0 Å². The second-order valence-corrected chi connectivity index (χ2v) is 9.46. The first-order chi connectivity index (χ1) is 18.5. The molecular weight excluding hydrogens is 483 g/mol. The molecule has 4 heterocycles. The number of para-hydroxylation sites is 1.